The van der Waals surface area contributed by atoms with Gasteiger partial charge < -0.3 is 15.0 Å². The quantitative estimate of drug-likeness (QED) is 0.681. The average Bonchev–Trinajstić information content (AvgIpc) is 3.00. The zero-order valence-electron chi connectivity index (χ0n) is 13.8. The Labute approximate surface area is 164 Å². The van der Waals surface area contributed by atoms with Gasteiger partial charge in [0.1, 0.15) is 5.75 Å². The Morgan fingerprint density at radius 1 is 1.31 bits per heavy atom. The highest BCUT2D eigenvalue weighted by Gasteiger charge is 2.34. The Kier molecular flexibility index (Phi) is 4.65. The van der Waals surface area contributed by atoms with Crippen molar-refractivity contribution >= 4 is 61.5 Å². The van der Waals surface area contributed by atoms with Crippen molar-refractivity contribution in [2.24, 2.45) is 5.92 Å². The number of methoxy groups -OCH3 is 1. The zero-order chi connectivity index (χ0) is 18.3. The van der Waals surface area contributed by atoms with Gasteiger partial charge in [0.25, 0.3) is 0 Å². The molecule has 3 aromatic rings. The van der Waals surface area contributed by atoms with Gasteiger partial charge in [0, 0.05) is 19.2 Å². The zero-order valence-corrected chi connectivity index (χ0v) is 16.2. The van der Waals surface area contributed by atoms with E-state index in [-0.39, 0.29) is 11.8 Å². The summed E-state index contributed by atoms with van der Waals surface area (Å²) >= 11 is 13.7. The average molecular weight is 408 g/mol. The summed E-state index contributed by atoms with van der Waals surface area (Å²) in [4.78, 5) is 19.2. The number of nitrogens with one attached hydrogen (secondary N) is 1. The number of nitrogens with zero attached hydrogens (tertiary/aromatic N) is 2. The molecule has 1 aromatic heterocycles. The number of rotatable bonds is 4. The third-order valence-electron chi connectivity index (χ3n) is 4.32. The van der Waals surface area contributed by atoms with E-state index in [0.29, 0.717) is 28.8 Å². The first-order valence-corrected chi connectivity index (χ1v) is 9.57. The van der Waals surface area contributed by atoms with Crippen LogP contribution in [0.25, 0.3) is 10.2 Å². The van der Waals surface area contributed by atoms with Crippen LogP contribution in [0.3, 0.4) is 0 Å². The molecule has 0 unspecified atom stereocenters. The second kappa shape index (κ2) is 6.95. The SMILES string of the molecule is COc1ccc2sc(N3CC(C(=O)Nc4cccc(Cl)c4Cl)C3)nc2c1. The van der Waals surface area contributed by atoms with E-state index in [9.17, 15) is 4.79 Å². The molecule has 26 heavy (non-hydrogen) atoms. The minimum Gasteiger partial charge on any atom is -0.497 e. The van der Waals surface area contributed by atoms with Crippen LogP contribution >= 0.6 is 34.5 Å². The van der Waals surface area contributed by atoms with Gasteiger partial charge in [-0.15, -0.1) is 0 Å². The lowest BCUT2D eigenvalue weighted by Crippen LogP contribution is -2.52. The van der Waals surface area contributed by atoms with Crippen molar-refractivity contribution in [1.82, 2.24) is 4.98 Å². The Hall–Kier alpha value is -2.02. The molecule has 1 fully saturated rings. The Bertz CT molecular complexity index is 986. The summed E-state index contributed by atoms with van der Waals surface area (Å²) in [6, 6.07) is 11.0. The number of aromatic nitrogens is 1. The van der Waals surface area contributed by atoms with E-state index in [4.69, 9.17) is 27.9 Å². The number of benzene rings is 2. The van der Waals surface area contributed by atoms with Crippen molar-refractivity contribution in [3.63, 3.8) is 0 Å². The first kappa shape index (κ1) is 17.4. The van der Waals surface area contributed by atoms with Gasteiger partial charge in [-0.1, -0.05) is 40.6 Å². The van der Waals surface area contributed by atoms with E-state index < -0.39 is 0 Å². The van der Waals surface area contributed by atoms with E-state index >= 15 is 0 Å². The van der Waals surface area contributed by atoms with Crippen LogP contribution in [0.5, 0.6) is 5.75 Å². The molecule has 0 spiro atoms. The molecule has 4 rings (SSSR count). The van der Waals surface area contributed by atoms with Crippen LogP contribution in [0, 0.1) is 5.92 Å². The third-order valence-corrected chi connectivity index (χ3v) is 6.23. The molecule has 0 radical (unpaired) electrons. The molecule has 2 heterocycles. The van der Waals surface area contributed by atoms with Crippen molar-refractivity contribution in [3.8, 4) is 5.75 Å². The van der Waals surface area contributed by atoms with Gasteiger partial charge in [-0.05, 0) is 24.3 Å². The van der Waals surface area contributed by atoms with Gasteiger partial charge in [-0.25, -0.2) is 4.98 Å². The lowest BCUT2D eigenvalue weighted by Gasteiger charge is -2.38. The predicted molar refractivity (Wildman–Crippen MR) is 107 cm³/mol. The molecule has 0 atom stereocenters. The number of hydrogen-bond donors (Lipinski definition) is 1. The predicted octanol–water partition coefficient (Wildman–Crippen LogP) is 4.69. The highest BCUT2D eigenvalue weighted by molar-refractivity contribution is 7.22. The smallest absolute Gasteiger partial charge is 0.231 e. The molecule has 5 nitrogen and oxygen atoms in total. The van der Waals surface area contributed by atoms with Crippen LogP contribution in [0.2, 0.25) is 10.0 Å². The van der Waals surface area contributed by atoms with Gasteiger partial charge in [-0.2, -0.15) is 0 Å². The number of thiazole rings is 1. The molecule has 134 valence electrons. The Morgan fingerprint density at radius 3 is 2.88 bits per heavy atom. The van der Waals surface area contributed by atoms with Gasteiger partial charge in [0.15, 0.2) is 5.13 Å². The van der Waals surface area contributed by atoms with Crippen LogP contribution < -0.4 is 15.0 Å². The highest BCUT2D eigenvalue weighted by Crippen LogP contribution is 2.35. The normalized spacial score (nSPS) is 14.3. The number of halogens is 2. The Morgan fingerprint density at radius 2 is 2.12 bits per heavy atom. The summed E-state index contributed by atoms with van der Waals surface area (Å²) in [6.07, 6.45) is 0. The summed E-state index contributed by atoms with van der Waals surface area (Å²) in [5.74, 6) is 0.619. The summed E-state index contributed by atoms with van der Waals surface area (Å²) in [7, 11) is 1.64. The lowest BCUT2D eigenvalue weighted by molar-refractivity contribution is -0.120. The number of anilines is 2. The molecular formula is C18H15Cl2N3O2S. The maximum absolute atomic E-state index is 12.4. The minimum atomic E-state index is -0.105. The van der Waals surface area contributed by atoms with Gasteiger partial charge in [0.2, 0.25) is 5.91 Å². The number of amides is 1. The summed E-state index contributed by atoms with van der Waals surface area (Å²) in [5.41, 5.74) is 1.44. The number of carbonyl (C=O) groups is 1. The number of hydrogen-bond acceptors (Lipinski definition) is 5. The maximum atomic E-state index is 12.4. The minimum absolute atomic E-state index is 0.0619. The number of ether oxygens (including phenoxy) is 1. The van der Waals surface area contributed by atoms with Crippen molar-refractivity contribution in [1.29, 1.82) is 0 Å². The first-order chi connectivity index (χ1) is 12.5. The fourth-order valence-electron chi connectivity index (χ4n) is 2.79. The van der Waals surface area contributed by atoms with Crippen LogP contribution in [-0.2, 0) is 4.79 Å². The van der Waals surface area contributed by atoms with Crippen molar-refractivity contribution in [2.75, 3.05) is 30.4 Å². The van der Waals surface area contributed by atoms with Gasteiger partial charge in [0.05, 0.1) is 39.0 Å². The van der Waals surface area contributed by atoms with Gasteiger partial charge >= 0.3 is 0 Å². The molecule has 8 heteroatoms. The molecule has 1 N–H and O–H groups in total. The van der Waals surface area contributed by atoms with E-state index in [1.807, 2.05) is 18.2 Å². The second-order valence-corrected chi connectivity index (χ2v) is 7.82. The number of fused-ring (bicyclic) bond motifs is 1. The fourth-order valence-corrected chi connectivity index (χ4v) is 4.10. The summed E-state index contributed by atoms with van der Waals surface area (Å²) in [6.45, 7) is 1.25. The van der Waals surface area contributed by atoms with E-state index in [1.165, 1.54) is 0 Å². The molecule has 0 aliphatic carbocycles. The molecule has 0 saturated carbocycles. The number of carbonyl (C=O) groups excluding carboxylic acids is 1. The van der Waals surface area contributed by atoms with E-state index in [2.05, 4.69) is 15.2 Å². The van der Waals surface area contributed by atoms with Crippen LogP contribution in [0.1, 0.15) is 0 Å². The second-order valence-electron chi connectivity index (χ2n) is 6.02. The molecular weight excluding hydrogens is 393 g/mol. The molecule has 1 aliphatic rings. The van der Waals surface area contributed by atoms with Crippen molar-refractivity contribution < 1.29 is 9.53 Å². The topological polar surface area (TPSA) is 54.5 Å². The molecule has 1 amide bonds. The lowest BCUT2D eigenvalue weighted by atomic mass is 10.00. The van der Waals surface area contributed by atoms with E-state index in [1.54, 1.807) is 36.6 Å². The summed E-state index contributed by atoms with van der Waals surface area (Å²) in [5, 5.41) is 4.55. The standard InChI is InChI=1S/C18H15Cl2N3O2S/c1-25-11-5-6-15-14(7-11)22-18(26-15)23-8-10(9-23)17(24)21-13-4-2-3-12(19)16(13)20/h2-7,10H,8-9H2,1H3,(H,21,24). The van der Waals surface area contributed by atoms with Crippen LogP contribution in [0.4, 0.5) is 10.8 Å². The highest BCUT2D eigenvalue weighted by atomic mass is 35.5. The molecule has 1 aliphatic heterocycles. The molecule has 0 bridgehead atoms. The van der Waals surface area contributed by atoms with Crippen LogP contribution in [-0.4, -0.2) is 31.1 Å². The maximum Gasteiger partial charge on any atom is 0.231 e. The largest absolute Gasteiger partial charge is 0.497 e. The van der Waals surface area contributed by atoms with Crippen LogP contribution in [0.15, 0.2) is 36.4 Å². The fraction of sp³-hybridized carbons (Fsp3) is 0.222. The van der Waals surface area contributed by atoms with Gasteiger partial charge in [-0.3, -0.25) is 4.79 Å². The first-order valence-electron chi connectivity index (χ1n) is 7.99. The van der Waals surface area contributed by atoms with E-state index in [0.717, 1.165) is 21.1 Å². The monoisotopic (exact) mass is 407 g/mol. The third kappa shape index (κ3) is 3.20. The van der Waals surface area contributed by atoms with Crippen molar-refractivity contribution in [3.05, 3.63) is 46.4 Å². The van der Waals surface area contributed by atoms with Crippen molar-refractivity contribution in [2.45, 2.75) is 0 Å². The molecule has 2 aromatic carbocycles. The molecule has 1 saturated heterocycles. The Balaban J connectivity index is 1.42. The summed E-state index contributed by atoms with van der Waals surface area (Å²) < 4.78 is 6.33.